The standard InChI is InChI=1S/C15H22FN5OS/c1-15(12-10-11(17)4-5-13(12)16)6-9-23(22)19-7-2-3-8-21(23)14(18)20-15/h4-5,10H,2-3,6-9,17H2,1H3,(H2,18,20)/t15-,23-/m0/s1. The quantitative estimate of drug-likeness (QED) is 0.764. The summed E-state index contributed by atoms with van der Waals surface area (Å²) in [5.41, 5.74) is 11.9. The summed E-state index contributed by atoms with van der Waals surface area (Å²) in [5.74, 6) is 0.0896. The maximum Gasteiger partial charge on any atom is 0.204 e. The minimum Gasteiger partial charge on any atom is -0.399 e. The topological polar surface area (TPSA) is 97.1 Å². The second-order valence-electron chi connectivity index (χ2n) is 6.21. The van der Waals surface area contributed by atoms with E-state index in [1.807, 2.05) is 0 Å². The molecule has 2 aliphatic heterocycles. The Morgan fingerprint density at radius 2 is 2.13 bits per heavy atom. The molecule has 8 heteroatoms. The van der Waals surface area contributed by atoms with Gasteiger partial charge in [0, 0.05) is 17.8 Å². The lowest BCUT2D eigenvalue weighted by atomic mass is 9.89. The molecule has 0 unspecified atom stereocenters. The van der Waals surface area contributed by atoms with E-state index in [1.54, 1.807) is 17.3 Å². The van der Waals surface area contributed by atoms with Crippen LogP contribution in [-0.2, 0) is 15.5 Å². The van der Waals surface area contributed by atoms with Crippen molar-refractivity contribution in [3.63, 3.8) is 0 Å². The molecule has 3 rings (SSSR count). The van der Waals surface area contributed by atoms with Gasteiger partial charge in [0.2, 0.25) is 5.96 Å². The average Bonchev–Trinajstić information content (AvgIpc) is 2.74. The molecule has 0 bridgehead atoms. The molecule has 0 radical (unpaired) electrons. The Kier molecular flexibility index (Phi) is 3.95. The summed E-state index contributed by atoms with van der Waals surface area (Å²) < 4.78 is 33.5. The number of hydrogen-bond donors (Lipinski definition) is 2. The molecular weight excluding hydrogens is 317 g/mol. The van der Waals surface area contributed by atoms with Crippen molar-refractivity contribution >= 4 is 21.6 Å². The second-order valence-corrected chi connectivity index (χ2v) is 8.53. The molecule has 0 spiro atoms. The Hall–Kier alpha value is -1.83. The number of rotatable bonds is 1. The summed E-state index contributed by atoms with van der Waals surface area (Å²) in [6.07, 6.45) is 2.15. The first kappa shape index (κ1) is 16.0. The number of benzene rings is 1. The third-order valence-corrected chi connectivity index (χ3v) is 6.83. The van der Waals surface area contributed by atoms with E-state index in [-0.39, 0.29) is 11.8 Å². The third kappa shape index (κ3) is 2.87. The van der Waals surface area contributed by atoms with Crippen LogP contribution >= 0.6 is 0 Å². The molecule has 126 valence electrons. The lowest BCUT2D eigenvalue weighted by molar-refractivity contribution is 0.450. The fourth-order valence-corrected chi connectivity index (χ4v) is 5.38. The van der Waals surface area contributed by atoms with Gasteiger partial charge >= 0.3 is 0 Å². The Labute approximate surface area is 136 Å². The van der Waals surface area contributed by atoms with Crippen LogP contribution in [0.15, 0.2) is 27.6 Å². The molecule has 2 aliphatic rings. The van der Waals surface area contributed by atoms with Crippen LogP contribution in [0, 0.1) is 5.82 Å². The Bertz CT molecular complexity index is 771. The van der Waals surface area contributed by atoms with Crippen molar-refractivity contribution in [3.05, 3.63) is 29.6 Å². The van der Waals surface area contributed by atoms with Gasteiger partial charge in [-0.2, -0.15) is 0 Å². The zero-order valence-corrected chi connectivity index (χ0v) is 14.0. The molecule has 1 aromatic carbocycles. The molecule has 6 nitrogen and oxygen atoms in total. The Balaban J connectivity index is 2.10. The average molecular weight is 339 g/mol. The fraction of sp³-hybridized carbons (Fsp3) is 0.533. The normalized spacial score (nSPS) is 31.4. The van der Waals surface area contributed by atoms with Gasteiger partial charge < -0.3 is 11.5 Å². The molecule has 0 aliphatic carbocycles. The third-order valence-electron chi connectivity index (χ3n) is 4.45. The maximum absolute atomic E-state index is 14.3. The predicted octanol–water partition coefficient (Wildman–Crippen LogP) is 1.82. The number of aliphatic imine (C=N–C) groups is 1. The van der Waals surface area contributed by atoms with Crippen molar-refractivity contribution in [2.75, 3.05) is 24.6 Å². The highest BCUT2D eigenvalue weighted by atomic mass is 32.2. The number of hydrogen-bond acceptors (Lipinski definition) is 5. The summed E-state index contributed by atoms with van der Waals surface area (Å²) in [6, 6.07) is 4.41. The highest BCUT2D eigenvalue weighted by Gasteiger charge is 2.37. The van der Waals surface area contributed by atoms with Crippen LogP contribution in [0.5, 0.6) is 0 Å². The molecule has 23 heavy (non-hydrogen) atoms. The van der Waals surface area contributed by atoms with E-state index < -0.39 is 15.5 Å². The predicted molar refractivity (Wildman–Crippen MR) is 90.6 cm³/mol. The summed E-state index contributed by atoms with van der Waals surface area (Å²) in [7, 11) is -2.61. The molecule has 4 N–H and O–H groups in total. The molecule has 0 amide bonds. The fourth-order valence-electron chi connectivity index (χ4n) is 3.07. The monoisotopic (exact) mass is 339 g/mol. The van der Waals surface area contributed by atoms with Crippen LogP contribution in [0.4, 0.5) is 10.1 Å². The molecule has 1 aromatic rings. The molecule has 0 saturated carbocycles. The van der Waals surface area contributed by atoms with Gasteiger partial charge in [0.25, 0.3) is 0 Å². The molecule has 0 aromatic heterocycles. The van der Waals surface area contributed by atoms with Crippen LogP contribution in [0.3, 0.4) is 0 Å². The largest absolute Gasteiger partial charge is 0.399 e. The van der Waals surface area contributed by atoms with Crippen LogP contribution in [0.2, 0.25) is 0 Å². The van der Waals surface area contributed by atoms with Gasteiger partial charge in [0.1, 0.15) is 15.7 Å². The van der Waals surface area contributed by atoms with Crippen molar-refractivity contribution in [2.24, 2.45) is 15.1 Å². The Morgan fingerprint density at radius 1 is 1.35 bits per heavy atom. The van der Waals surface area contributed by atoms with Gasteiger partial charge in [-0.3, -0.25) is 4.31 Å². The minimum atomic E-state index is -2.61. The zero-order valence-electron chi connectivity index (χ0n) is 13.2. The van der Waals surface area contributed by atoms with E-state index in [0.717, 1.165) is 12.8 Å². The summed E-state index contributed by atoms with van der Waals surface area (Å²) >= 11 is 0. The van der Waals surface area contributed by atoms with Crippen LogP contribution in [0.1, 0.15) is 31.7 Å². The number of fused-ring (bicyclic) bond motifs is 1. The van der Waals surface area contributed by atoms with Crippen LogP contribution in [-0.4, -0.2) is 33.3 Å². The summed E-state index contributed by atoms with van der Waals surface area (Å²) in [4.78, 5) is 4.54. The number of anilines is 1. The van der Waals surface area contributed by atoms with Gasteiger partial charge in [0.15, 0.2) is 0 Å². The first-order valence-corrected chi connectivity index (χ1v) is 9.37. The smallest absolute Gasteiger partial charge is 0.204 e. The molecule has 0 saturated heterocycles. The second kappa shape index (κ2) is 5.67. The number of guanidine groups is 1. The zero-order chi connectivity index (χ0) is 16.7. The van der Waals surface area contributed by atoms with E-state index in [0.29, 0.717) is 36.5 Å². The highest BCUT2D eigenvalue weighted by molar-refractivity contribution is 7.91. The number of nitrogen functional groups attached to an aromatic ring is 1. The molecule has 2 heterocycles. The van der Waals surface area contributed by atoms with Gasteiger partial charge in [-0.05, 0) is 44.4 Å². The summed E-state index contributed by atoms with van der Waals surface area (Å²) in [6.45, 7) is 2.92. The SMILES string of the molecule is C[C@@]1(c2cc(N)ccc2F)CC[S@]2(=O)=NCCCCN2C(N)=N1. The maximum atomic E-state index is 14.3. The number of halogens is 1. The van der Waals surface area contributed by atoms with Crippen molar-refractivity contribution < 1.29 is 8.60 Å². The van der Waals surface area contributed by atoms with Crippen molar-refractivity contribution in [3.8, 4) is 0 Å². The van der Waals surface area contributed by atoms with E-state index in [9.17, 15) is 8.60 Å². The molecule has 2 atom stereocenters. The van der Waals surface area contributed by atoms with Crippen molar-refractivity contribution in [1.82, 2.24) is 4.31 Å². The van der Waals surface area contributed by atoms with E-state index in [4.69, 9.17) is 11.5 Å². The van der Waals surface area contributed by atoms with Crippen LogP contribution in [0.25, 0.3) is 0 Å². The lowest BCUT2D eigenvalue weighted by Crippen LogP contribution is -2.42. The van der Waals surface area contributed by atoms with Gasteiger partial charge in [-0.15, -0.1) is 0 Å². The van der Waals surface area contributed by atoms with E-state index in [1.165, 1.54) is 12.1 Å². The molecular formula is C15H22FN5OS. The minimum absolute atomic E-state index is 0.169. The van der Waals surface area contributed by atoms with Crippen LogP contribution < -0.4 is 11.5 Å². The van der Waals surface area contributed by atoms with E-state index >= 15 is 0 Å². The number of nitrogens with two attached hydrogens (primary N) is 2. The van der Waals surface area contributed by atoms with E-state index in [2.05, 4.69) is 9.36 Å². The van der Waals surface area contributed by atoms with Gasteiger partial charge in [0.05, 0.1) is 17.8 Å². The first-order chi connectivity index (χ1) is 10.8. The van der Waals surface area contributed by atoms with Crippen molar-refractivity contribution in [2.45, 2.75) is 31.7 Å². The van der Waals surface area contributed by atoms with Gasteiger partial charge in [-0.1, -0.05) is 0 Å². The summed E-state index contributed by atoms with van der Waals surface area (Å²) in [5, 5.41) is 0. The Morgan fingerprint density at radius 3 is 2.91 bits per heavy atom. The molecule has 0 fully saturated rings. The number of nitrogens with zero attached hydrogens (tertiary/aromatic N) is 3. The first-order valence-electron chi connectivity index (χ1n) is 7.73. The lowest BCUT2D eigenvalue weighted by Gasteiger charge is -2.25. The van der Waals surface area contributed by atoms with Gasteiger partial charge in [-0.25, -0.2) is 18.0 Å². The highest BCUT2D eigenvalue weighted by Crippen LogP contribution is 2.36. The van der Waals surface area contributed by atoms with Crippen molar-refractivity contribution in [1.29, 1.82) is 0 Å².